The van der Waals surface area contributed by atoms with Crippen molar-refractivity contribution in [2.24, 2.45) is 5.92 Å². The Bertz CT molecular complexity index is 465. The largest absolute Gasteiger partial charge is 0.326 e. The van der Waals surface area contributed by atoms with Gasteiger partial charge in [0.15, 0.2) is 5.78 Å². The van der Waals surface area contributed by atoms with Crippen LogP contribution in [0.5, 0.6) is 0 Å². The summed E-state index contributed by atoms with van der Waals surface area (Å²) in [7, 11) is 0. The van der Waals surface area contributed by atoms with E-state index in [1.54, 1.807) is 18.2 Å². The van der Waals surface area contributed by atoms with E-state index in [0.717, 1.165) is 25.9 Å². The summed E-state index contributed by atoms with van der Waals surface area (Å²) in [6.45, 7) is 3.61. The second kappa shape index (κ2) is 6.48. The fraction of sp³-hybridized carbons (Fsp3) is 0.467. The Labute approximate surface area is 113 Å². The fourth-order valence-corrected chi connectivity index (χ4v) is 2.34. The molecule has 0 radical (unpaired) electrons. The molecule has 1 aliphatic rings. The van der Waals surface area contributed by atoms with E-state index in [2.05, 4.69) is 10.6 Å². The zero-order valence-electron chi connectivity index (χ0n) is 11.2. The minimum Gasteiger partial charge on any atom is -0.326 e. The number of carbonyl (C=O) groups is 2. The molecule has 1 aliphatic heterocycles. The summed E-state index contributed by atoms with van der Waals surface area (Å²) in [6, 6.07) is 7.06. The molecule has 1 heterocycles. The number of carbonyl (C=O) groups excluding carboxylic acids is 2. The lowest BCUT2D eigenvalue weighted by atomic mass is 10.0. The lowest BCUT2D eigenvalue weighted by Crippen LogP contribution is -2.15. The first kappa shape index (κ1) is 13.7. The molecule has 1 amide bonds. The number of nitrogens with one attached hydrogen (secondary N) is 2. The first-order valence-corrected chi connectivity index (χ1v) is 6.77. The molecule has 0 bridgehead atoms. The van der Waals surface area contributed by atoms with E-state index >= 15 is 0 Å². The number of anilines is 1. The first-order valence-electron chi connectivity index (χ1n) is 6.77. The molecule has 4 nitrogen and oxygen atoms in total. The molecule has 0 spiro atoms. The number of benzene rings is 1. The van der Waals surface area contributed by atoms with Crippen LogP contribution in [-0.2, 0) is 4.79 Å². The quantitative estimate of drug-likeness (QED) is 0.798. The van der Waals surface area contributed by atoms with Crippen molar-refractivity contribution >= 4 is 17.4 Å². The van der Waals surface area contributed by atoms with Gasteiger partial charge >= 0.3 is 0 Å². The second-order valence-corrected chi connectivity index (χ2v) is 5.08. The summed E-state index contributed by atoms with van der Waals surface area (Å²) in [5, 5.41) is 6.15. The van der Waals surface area contributed by atoms with Crippen LogP contribution in [0.25, 0.3) is 0 Å². The third-order valence-corrected chi connectivity index (χ3v) is 3.49. The summed E-state index contributed by atoms with van der Waals surface area (Å²) in [5.41, 5.74) is 1.32. The molecule has 1 atom stereocenters. The summed E-state index contributed by atoms with van der Waals surface area (Å²) in [6.07, 6.45) is 2.62. The van der Waals surface area contributed by atoms with Crippen LogP contribution in [0.2, 0.25) is 0 Å². The van der Waals surface area contributed by atoms with Crippen molar-refractivity contribution in [2.45, 2.75) is 26.2 Å². The van der Waals surface area contributed by atoms with Crippen molar-refractivity contribution < 1.29 is 9.59 Å². The predicted molar refractivity (Wildman–Crippen MR) is 75.3 cm³/mol. The van der Waals surface area contributed by atoms with Gasteiger partial charge in [0, 0.05) is 17.7 Å². The molecule has 2 rings (SSSR count). The number of hydrogen-bond donors (Lipinski definition) is 2. The van der Waals surface area contributed by atoms with Gasteiger partial charge in [-0.3, -0.25) is 9.59 Å². The molecule has 102 valence electrons. The van der Waals surface area contributed by atoms with Gasteiger partial charge in [0.25, 0.3) is 0 Å². The molecule has 2 N–H and O–H groups in total. The highest BCUT2D eigenvalue weighted by Gasteiger charge is 2.15. The molecule has 19 heavy (non-hydrogen) atoms. The lowest BCUT2D eigenvalue weighted by Gasteiger charge is -2.09. The van der Waals surface area contributed by atoms with E-state index in [4.69, 9.17) is 0 Å². The SMILES string of the molecule is CC(=O)c1cccc(NC(=O)CCC2CCNC2)c1. The highest BCUT2D eigenvalue weighted by molar-refractivity contribution is 5.97. The standard InChI is InChI=1S/C15H20N2O2/c1-11(18)13-3-2-4-14(9-13)17-15(19)6-5-12-7-8-16-10-12/h2-4,9,12,16H,5-8,10H2,1H3,(H,17,19). The topological polar surface area (TPSA) is 58.2 Å². The van der Waals surface area contributed by atoms with Crippen molar-refractivity contribution in [2.75, 3.05) is 18.4 Å². The number of amides is 1. The van der Waals surface area contributed by atoms with Gasteiger partial charge in [0.1, 0.15) is 0 Å². The van der Waals surface area contributed by atoms with Crippen LogP contribution in [0.15, 0.2) is 24.3 Å². The number of Topliss-reactive ketones (excluding diaryl/α,β-unsaturated/α-hetero) is 1. The second-order valence-electron chi connectivity index (χ2n) is 5.08. The summed E-state index contributed by atoms with van der Waals surface area (Å²) < 4.78 is 0. The minimum atomic E-state index is 0.00753. The molecule has 1 aromatic rings. The maximum Gasteiger partial charge on any atom is 0.224 e. The average molecular weight is 260 g/mol. The van der Waals surface area contributed by atoms with Crippen LogP contribution in [-0.4, -0.2) is 24.8 Å². The normalized spacial score (nSPS) is 18.3. The number of hydrogen-bond acceptors (Lipinski definition) is 3. The summed E-state index contributed by atoms with van der Waals surface area (Å²) in [5.74, 6) is 0.648. The van der Waals surface area contributed by atoms with Gasteiger partial charge in [0.05, 0.1) is 0 Å². The molecule has 4 heteroatoms. The van der Waals surface area contributed by atoms with Gasteiger partial charge in [-0.1, -0.05) is 12.1 Å². The van der Waals surface area contributed by atoms with Crippen molar-refractivity contribution in [3.05, 3.63) is 29.8 Å². The third-order valence-electron chi connectivity index (χ3n) is 3.49. The van der Waals surface area contributed by atoms with Crippen molar-refractivity contribution in [1.82, 2.24) is 5.32 Å². The highest BCUT2D eigenvalue weighted by atomic mass is 16.1. The third kappa shape index (κ3) is 4.17. The van der Waals surface area contributed by atoms with Crippen LogP contribution < -0.4 is 10.6 Å². The molecule has 0 aliphatic carbocycles. The Morgan fingerprint density at radius 2 is 2.26 bits per heavy atom. The Balaban J connectivity index is 1.84. The van der Waals surface area contributed by atoms with Gasteiger partial charge in [-0.2, -0.15) is 0 Å². The van der Waals surface area contributed by atoms with Gasteiger partial charge in [-0.25, -0.2) is 0 Å². The maximum atomic E-state index is 11.8. The molecule has 1 saturated heterocycles. The highest BCUT2D eigenvalue weighted by Crippen LogP contribution is 2.16. The van der Waals surface area contributed by atoms with Crippen molar-refractivity contribution in [3.8, 4) is 0 Å². The summed E-state index contributed by atoms with van der Waals surface area (Å²) in [4.78, 5) is 23.1. The number of rotatable bonds is 5. The van der Waals surface area contributed by atoms with E-state index in [1.807, 2.05) is 6.07 Å². The average Bonchev–Trinajstić information content (AvgIpc) is 2.90. The Kier molecular flexibility index (Phi) is 4.68. The van der Waals surface area contributed by atoms with Gasteiger partial charge < -0.3 is 10.6 Å². The predicted octanol–water partition coefficient (Wildman–Crippen LogP) is 2.22. The van der Waals surface area contributed by atoms with Crippen molar-refractivity contribution in [3.63, 3.8) is 0 Å². The Morgan fingerprint density at radius 1 is 1.42 bits per heavy atom. The van der Waals surface area contributed by atoms with E-state index in [0.29, 0.717) is 23.6 Å². The Morgan fingerprint density at radius 3 is 2.95 bits per heavy atom. The van der Waals surface area contributed by atoms with E-state index in [9.17, 15) is 9.59 Å². The van der Waals surface area contributed by atoms with Gasteiger partial charge in [0.2, 0.25) is 5.91 Å². The zero-order chi connectivity index (χ0) is 13.7. The fourth-order valence-electron chi connectivity index (χ4n) is 2.34. The molecule has 0 saturated carbocycles. The van der Waals surface area contributed by atoms with Crippen LogP contribution in [0.3, 0.4) is 0 Å². The van der Waals surface area contributed by atoms with Crippen LogP contribution in [0.4, 0.5) is 5.69 Å². The van der Waals surface area contributed by atoms with Gasteiger partial charge in [-0.15, -0.1) is 0 Å². The lowest BCUT2D eigenvalue weighted by molar-refractivity contribution is -0.116. The first-order chi connectivity index (χ1) is 9.15. The monoisotopic (exact) mass is 260 g/mol. The summed E-state index contributed by atoms with van der Waals surface area (Å²) >= 11 is 0. The molecule has 1 fully saturated rings. The van der Waals surface area contributed by atoms with E-state index < -0.39 is 0 Å². The smallest absolute Gasteiger partial charge is 0.224 e. The van der Waals surface area contributed by atoms with Crippen LogP contribution >= 0.6 is 0 Å². The van der Waals surface area contributed by atoms with Crippen LogP contribution in [0.1, 0.15) is 36.5 Å². The van der Waals surface area contributed by atoms with Gasteiger partial charge in [-0.05, 0) is 50.9 Å². The zero-order valence-corrected chi connectivity index (χ0v) is 11.2. The maximum absolute atomic E-state index is 11.8. The minimum absolute atomic E-state index is 0.00753. The number of ketones is 1. The Hall–Kier alpha value is -1.68. The molecule has 0 aromatic heterocycles. The molecular formula is C15H20N2O2. The van der Waals surface area contributed by atoms with Crippen molar-refractivity contribution in [1.29, 1.82) is 0 Å². The molecular weight excluding hydrogens is 240 g/mol. The van der Waals surface area contributed by atoms with E-state index in [1.165, 1.54) is 6.92 Å². The van der Waals surface area contributed by atoms with Crippen LogP contribution in [0, 0.1) is 5.92 Å². The molecule has 1 aromatic carbocycles. The van der Waals surface area contributed by atoms with E-state index in [-0.39, 0.29) is 11.7 Å². The molecule has 1 unspecified atom stereocenters.